The Bertz CT molecular complexity index is 532. The summed E-state index contributed by atoms with van der Waals surface area (Å²) in [5.74, 6) is 0.663. The van der Waals surface area contributed by atoms with Gasteiger partial charge in [-0.05, 0) is 32.2 Å². The van der Waals surface area contributed by atoms with Crippen molar-refractivity contribution in [2.75, 3.05) is 6.26 Å². The minimum atomic E-state index is -0.0246. The van der Waals surface area contributed by atoms with Gasteiger partial charge in [0.2, 0.25) is 0 Å². The molecule has 0 amide bonds. The zero-order valence-electron chi connectivity index (χ0n) is 9.98. The van der Waals surface area contributed by atoms with Gasteiger partial charge in [0.25, 0.3) is 0 Å². The number of Topliss-reactive ketones (excluding diaryl/α,β-unsaturated/α-hetero) is 1. The molecule has 0 bridgehead atoms. The Hall–Kier alpha value is -1.55. The maximum Gasteiger partial charge on any atom is 0.173 e. The molecule has 0 radical (unpaired) electrons. The Kier molecular flexibility index (Phi) is 3.33. The van der Waals surface area contributed by atoms with E-state index in [2.05, 4.69) is 4.99 Å². The third kappa shape index (κ3) is 2.26. The van der Waals surface area contributed by atoms with E-state index in [0.29, 0.717) is 22.1 Å². The molecule has 0 saturated heterocycles. The number of para-hydroxylation sites is 2. The summed E-state index contributed by atoms with van der Waals surface area (Å²) < 4.78 is 5.76. The van der Waals surface area contributed by atoms with Gasteiger partial charge in [-0.1, -0.05) is 23.9 Å². The molecule has 0 aliphatic carbocycles. The summed E-state index contributed by atoms with van der Waals surface area (Å²) in [5, 5.41) is 0.615. The number of ether oxygens (including phenoxy) is 1. The van der Waals surface area contributed by atoms with Gasteiger partial charge in [0, 0.05) is 0 Å². The Morgan fingerprint density at radius 2 is 2.06 bits per heavy atom. The van der Waals surface area contributed by atoms with Gasteiger partial charge in [-0.15, -0.1) is 0 Å². The largest absolute Gasteiger partial charge is 0.447 e. The van der Waals surface area contributed by atoms with Crippen LogP contribution < -0.4 is 4.74 Å². The number of allylic oxidation sites excluding steroid dienone is 1. The van der Waals surface area contributed by atoms with Crippen LogP contribution in [0.2, 0.25) is 0 Å². The number of carbonyl (C=O) groups excluding carboxylic acids is 1. The fourth-order valence-corrected chi connectivity index (χ4v) is 2.38. The molecule has 0 saturated carbocycles. The predicted octanol–water partition coefficient (Wildman–Crippen LogP) is 3.34. The molecule has 0 unspecified atom stereocenters. The number of carbonyl (C=O) groups is 1. The van der Waals surface area contributed by atoms with Crippen molar-refractivity contribution in [1.29, 1.82) is 0 Å². The number of thioether (sulfide) groups is 1. The minimum absolute atomic E-state index is 0.0246. The number of aliphatic imine (C=N–C) groups is 1. The monoisotopic (exact) mass is 247 g/mol. The predicted molar refractivity (Wildman–Crippen MR) is 71.1 cm³/mol. The number of fused-ring (bicyclic) bond motifs is 1. The topological polar surface area (TPSA) is 38.7 Å². The molecule has 0 spiro atoms. The lowest BCUT2D eigenvalue weighted by Crippen LogP contribution is -2.10. The highest BCUT2D eigenvalue weighted by Gasteiger charge is 2.21. The van der Waals surface area contributed by atoms with Crippen LogP contribution in [0.4, 0.5) is 5.69 Å². The molecule has 1 aromatic rings. The minimum Gasteiger partial charge on any atom is -0.447 e. The van der Waals surface area contributed by atoms with Gasteiger partial charge >= 0.3 is 0 Å². The quantitative estimate of drug-likeness (QED) is 0.804. The van der Waals surface area contributed by atoms with Gasteiger partial charge < -0.3 is 4.74 Å². The molecule has 0 N–H and O–H groups in total. The number of rotatable bonds is 2. The average molecular weight is 247 g/mol. The normalized spacial score (nSPS) is 14.6. The average Bonchev–Trinajstić information content (AvgIpc) is 2.43. The summed E-state index contributed by atoms with van der Waals surface area (Å²) >= 11 is 1.42. The van der Waals surface area contributed by atoms with Gasteiger partial charge in [0.15, 0.2) is 16.6 Å². The Morgan fingerprint density at radius 3 is 2.71 bits per heavy atom. The molecule has 0 fully saturated rings. The van der Waals surface area contributed by atoms with Crippen molar-refractivity contribution >= 4 is 28.9 Å². The molecule has 0 aromatic heterocycles. The third-order valence-electron chi connectivity index (χ3n) is 2.46. The Balaban J connectivity index is 2.61. The second-order valence-electron chi connectivity index (χ2n) is 3.69. The lowest BCUT2D eigenvalue weighted by molar-refractivity contribution is -0.113. The molecule has 1 aliphatic heterocycles. The van der Waals surface area contributed by atoms with E-state index < -0.39 is 0 Å². The van der Waals surface area contributed by atoms with Gasteiger partial charge in [-0.25, -0.2) is 4.99 Å². The zero-order chi connectivity index (χ0) is 12.4. The molecule has 1 heterocycles. The number of hydrogen-bond acceptors (Lipinski definition) is 4. The van der Waals surface area contributed by atoms with Crippen LogP contribution in [0, 0.1) is 0 Å². The van der Waals surface area contributed by atoms with Crippen LogP contribution in [0.25, 0.3) is 0 Å². The second-order valence-corrected chi connectivity index (χ2v) is 4.47. The molecule has 17 heavy (non-hydrogen) atoms. The molecular formula is C13H13NO2S. The van der Waals surface area contributed by atoms with E-state index >= 15 is 0 Å². The highest BCUT2D eigenvalue weighted by molar-refractivity contribution is 8.02. The van der Waals surface area contributed by atoms with Crippen LogP contribution in [0.5, 0.6) is 5.75 Å². The summed E-state index contributed by atoms with van der Waals surface area (Å²) in [6.07, 6.45) is 1.89. The van der Waals surface area contributed by atoms with E-state index in [1.54, 1.807) is 0 Å². The fourth-order valence-electron chi connectivity index (χ4n) is 1.71. The first-order chi connectivity index (χ1) is 8.13. The van der Waals surface area contributed by atoms with E-state index in [1.807, 2.05) is 37.4 Å². The van der Waals surface area contributed by atoms with Crippen LogP contribution >= 0.6 is 11.8 Å². The Morgan fingerprint density at radius 1 is 1.35 bits per heavy atom. The van der Waals surface area contributed by atoms with Crippen LogP contribution in [0.3, 0.4) is 0 Å². The Labute approximate surface area is 105 Å². The van der Waals surface area contributed by atoms with Crippen LogP contribution in [-0.4, -0.2) is 17.8 Å². The van der Waals surface area contributed by atoms with Gasteiger partial charge in [-0.2, -0.15) is 0 Å². The van der Waals surface area contributed by atoms with Crippen LogP contribution in [0.1, 0.15) is 13.8 Å². The highest BCUT2D eigenvalue weighted by atomic mass is 32.2. The van der Waals surface area contributed by atoms with E-state index in [9.17, 15) is 4.79 Å². The first-order valence-corrected chi connectivity index (χ1v) is 6.47. The maximum absolute atomic E-state index is 11.7. The molecule has 2 rings (SSSR count). The fraction of sp³-hybridized carbons (Fsp3) is 0.231. The number of benzene rings is 1. The zero-order valence-corrected chi connectivity index (χ0v) is 10.8. The highest BCUT2D eigenvalue weighted by Crippen LogP contribution is 2.35. The van der Waals surface area contributed by atoms with Crippen molar-refractivity contribution in [3.05, 3.63) is 34.9 Å². The summed E-state index contributed by atoms with van der Waals surface area (Å²) in [5.41, 5.74) is 2.02. The molecular weight excluding hydrogens is 234 g/mol. The standard InChI is InChI=1S/C13H13NO2S/c1-8-12(9(2)15)13(17-3)16-11-7-5-4-6-10(11)14-8/h4-7H,1-3H3. The third-order valence-corrected chi connectivity index (χ3v) is 3.12. The van der Waals surface area contributed by atoms with Gasteiger partial charge in [0.05, 0.1) is 11.3 Å². The molecule has 4 heteroatoms. The van der Waals surface area contributed by atoms with Gasteiger partial charge in [0.1, 0.15) is 5.69 Å². The van der Waals surface area contributed by atoms with Crippen LogP contribution in [0.15, 0.2) is 39.9 Å². The molecule has 0 atom stereocenters. The van der Waals surface area contributed by atoms with Crippen molar-refractivity contribution in [3.63, 3.8) is 0 Å². The van der Waals surface area contributed by atoms with Crippen LogP contribution in [-0.2, 0) is 4.79 Å². The van der Waals surface area contributed by atoms with Crippen molar-refractivity contribution in [3.8, 4) is 5.75 Å². The van der Waals surface area contributed by atoms with Crippen molar-refractivity contribution < 1.29 is 9.53 Å². The maximum atomic E-state index is 11.7. The van der Waals surface area contributed by atoms with E-state index in [1.165, 1.54) is 18.7 Å². The first-order valence-electron chi connectivity index (χ1n) is 5.25. The first kappa shape index (κ1) is 11.9. The van der Waals surface area contributed by atoms with Crippen molar-refractivity contribution in [1.82, 2.24) is 0 Å². The number of ketones is 1. The summed E-state index contributed by atoms with van der Waals surface area (Å²) in [7, 11) is 0. The second kappa shape index (κ2) is 4.75. The smallest absolute Gasteiger partial charge is 0.173 e. The lowest BCUT2D eigenvalue weighted by Gasteiger charge is -2.09. The molecule has 1 aromatic carbocycles. The molecule has 1 aliphatic rings. The van der Waals surface area contributed by atoms with E-state index in [-0.39, 0.29) is 5.78 Å². The number of hydrogen-bond donors (Lipinski definition) is 0. The molecule has 3 nitrogen and oxygen atoms in total. The van der Waals surface area contributed by atoms with E-state index in [4.69, 9.17) is 4.74 Å². The number of nitrogens with zero attached hydrogens (tertiary/aromatic N) is 1. The summed E-state index contributed by atoms with van der Waals surface area (Å²) in [4.78, 5) is 16.1. The summed E-state index contributed by atoms with van der Waals surface area (Å²) in [6.45, 7) is 3.36. The lowest BCUT2D eigenvalue weighted by atomic mass is 10.1. The van der Waals surface area contributed by atoms with Gasteiger partial charge in [-0.3, -0.25) is 4.79 Å². The SMILES string of the molecule is CSC1=C(C(C)=O)C(C)=Nc2ccccc2O1. The molecule has 88 valence electrons. The van der Waals surface area contributed by atoms with Crippen molar-refractivity contribution in [2.45, 2.75) is 13.8 Å². The summed E-state index contributed by atoms with van der Waals surface area (Å²) in [6, 6.07) is 7.52. The van der Waals surface area contributed by atoms with Crippen molar-refractivity contribution in [2.24, 2.45) is 4.99 Å². The van der Waals surface area contributed by atoms with E-state index in [0.717, 1.165) is 5.69 Å².